The number of rotatable bonds is 8. The molecule has 2 heterocycles. The molecule has 34 heavy (non-hydrogen) atoms. The van der Waals surface area contributed by atoms with Crippen molar-refractivity contribution in [2.24, 2.45) is 0 Å². The molecule has 4 rings (SSSR count). The van der Waals surface area contributed by atoms with E-state index in [-0.39, 0.29) is 6.03 Å². The van der Waals surface area contributed by atoms with E-state index in [1.54, 1.807) is 36.5 Å². The van der Waals surface area contributed by atoms with Crippen LogP contribution in [0.2, 0.25) is 0 Å². The van der Waals surface area contributed by atoms with Gasteiger partial charge in [0.15, 0.2) is 0 Å². The summed E-state index contributed by atoms with van der Waals surface area (Å²) >= 11 is 0. The molecule has 0 aliphatic heterocycles. The number of aryl methyl sites for hydroxylation is 1. The zero-order chi connectivity index (χ0) is 23.8. The van der Waals surface area contributed by atoms with E-state index in [0.717, 1.165) is 17.0 Å². The molecule has 4 aromatic rings. The van der Waals surface area contributed by atoms with E-state index in [4.69, 9.17) is 4.74 Å². The minimum Gasteiger partial charge on any atom is -0.494 e. The lowest BCUT2D eigenvalue weighted by atomic mass is 10.2. The highest BCUT2D eigenvalue weighted by Crippen LogP contribution is 2.21. The fourth-order valence-electron chi connectivity index (χ4n) is 3.11. The first-order chi connectivity index (χ1) is 16.6. The summed E-state index contributed by atoms with van der Waals surface area (Å²) in [5.41, 5.74) is 3.25. The Balaban J connectivity index is 1.32. The van der Waals surface area contributed by atoms with Crippen molar-refractivity contribution in [2.45, 2.75) is 13.8 Å². The number of amides is 2. The van der Waals surface area contributed by atoms with Gasteiger partial charge >= 0.3 is 6.03 Å². The second-order valence-corrected chi connectivity index (χ2v) is 7.37. The number of nitrogens with one attached hydrogen (secondary N) is 4. The van der Waals surface area contributed by atoms with Gasteiger partial charge in [-0.1, -0.05) is 0 Å². The molecule has 0 saturated heterocycles. The third-order valence-electron chi connectivity index (χ3n) is 4.68. The lowest BCUT2D eigenvalue weighted by molar-refractivity contribution is 0.262. The lowest BCUT2D eigenvalue weighted by Gasteiger charge is -2.11. The van der Waals surface area contributed by atoms with Crippen LogP contribution in [0.3, 0.4) is 0 Å². The number of carbonyl (C=O) groups is 1. The van der Waals surface area contributed by atoms with Crippen LogP contribution in [0.25, 0.3) is 0 Å². The molecular weight excluding hydrogens is 430 g/mol. The van der Waals surface area contributed by atoms with Gasteiger partial charge in [0.2, 0.25) is 0 Å². The molecule has 4 N–H and O–H groups in total. The van der Waals surface area contributed by atoms with E-state index in [1.165, 1.54) is 6.33 Å². The fourth-order valence-corrected chi connectivity index (χ4v) is 3.11. The molecule has 2 aromatic heterocycles. The SMILES string of the molecule is CCOc1ccc(NC(=O)Nc2ccc(Nc3cc(Nc4cc(C)ccn4)ncn3)cc2)cc1. The van der Waals surface area contributed by atoms with E-state index in [2.05, 4.69) is 36.2 Å². The largest absolute Gasteiger partial charge is 0.494 e. The first-order valence-corrected chi connectivity index (χ1v) is 10.8. The van der Waals surface area contributed by atoms with E-state index in [9.17, 15) is 4.79 Å². The predicted molar refractivity (Wildman–Crippen MR) is 134 cm³/mol. The van der Waals surface area contributed by atoms with Gasteiger partial charge in [0.25, 0.3) is 0 Å². The quantitative estimate of drug-likeness (QED) is 0.269. The third kappa shape index (κ3) is 6.42. The number of hydrogen-bond donors (Lipinski definition) is 4. The monoisotopic (exact) mass is 455 g/mol. The molecule has 9 heteroatoms. The van der Waals surface area contributed by atoms with Crippen LogP contribution in [0.5, 0.6) is 5.75 Å². The number of benzene rings is 2. The second kappa shape index (κ2) is 10.8. The number of nitrogens with zero attached hydrogens (tertiary/aromatic N) is 3. The van der Waals surface area contributed by atoms with Crippen LogP contribution in [0, 0.1) is 6.92 Å². The van der Waals surface area contributed by atoms with Crippen molar-refractivity contribution in [2.75, 3.05) is 27.9 Å². The van der Waals surface area contributed by atoms with Crippen molar-refractivity contribution in [3.8, 4) is 5.75 Å². The second-order valence-electron chi connectivity index (χ2n) is 7.37. The predicted octanol–water partition coefficient (Wildman–Crippen LogP) is 5.71. The van der Waals surface area contributed by atoms with Gasteiger partial charge in [0.05, 0.1) is 6.61 Å². The van der Waals surface area contributed by atoms with Crippen molar-refractivity contribution in [1.82, 2.24) is 15.0 Å². The molecule has 0 unspecified atom stereocenters. The molecule has 0 saturated carbocycles. The summed E-state index contributed by atoms with van der Waals surface area (Å²) in [6.45, 7) is 4.52. The van der Waals surface area contributed by atoms with Crippen molar-refractivity contribution in [3.63, 3.8) is 0 Å². The Bertz CT molecular complexity index is 1240. The highest BCUT2D eigenvalue weighted by Gasteiger charge is 2.05. The van der Waals surface area contributed by atoms with Crippen LogP contribution in [0.4, 0.5) is 39.3 Å². The number of hydrogen-bond acceptors (Lipinski definition) is 7. The normalized spacial score (nSPS) is 10.3. The highest BCUT2D eigenvalue weighted by molar-refractivity contribution is 5.99. The third-order valence-corrected chi connectivity index (χ3v) is 4.68. The topological polar surface area (TPSA) is 113 Å². The maximum Gasteiger partial charge on any atom is 0.323 e. The number of aromatic nitrogens is 3. The van der Waals surface area contributed by atoms with Gasteiger partial charge in [-0.3, -0.25) is 0 Å². The summed E-state index contributed by atoms with van der Waals surface area (Å²) in [7, 11) is 0. The summed E-state index contributed by atoms with van der Waals surface area (Å²) in [5, 5.41) is 12.0. The van der Waals surface area contributed by atoms with E-state index in [1.807, 2.05) is 50.2 Å². The zero-order valence-electron chi connectivity index (χ0n) is 18.9. The van der Waals surface area contributed by atoms with Gasteiger partial charge in [-0.05, 0) is 80.1 Å². The molecule has 2 aromatic carbocycles. The Morgan fingerprint density at radius 3 is 2.00 bits per heavy atom. The highest BCUT2D eigenvalue weighted by atomic mass is 16.5. The molecule has 172 valence electrons. The molecule has 0 bridgehead atoms. The van der Waals surface area contributed by atoms with Gasteiger partial charge in [-0.25, -0.2) is 19.7 Å². The van der Waals surface area contributed by atoms with Gasteiger partial charge in [0.1, 0.15) is 29.5 Å². The molecular formula is C25H25N7O2. The van der Waals surface area contributed by atoms with Crippen molar-refractivity contribution >= 4 is 40.5 Å². The molecule has 0 atom stereocenters. The Labute approximate surface area is 197 Å². The molecule has 0 aliphatic rings. The molecule has 2 amide bonds. The maximum atomic E-state index is 12.3. The Kier molecular flexibility index (Phi) is 7.14. The number of carbonyl (C=O) groups excluding carboxylic acids is 1. The summed E-state index contributed by atoms with van der Waals surface area (Å²) in [6.07, 6.45) is 3.22. The summed E-state index contributed by atoms with van der Waals surface area (Å²) in [5.74, 6) is 2.72. The number of anilines is 6. The lowest BCUT2D eigenvalue weighted by Crippen LogP contribution is -2.19. The van der Waals surface area contributed by atoms with Crippen LogP contribution < -0.4 is 26.0 Å². The standard InChI is InChI=1S/C25H25N7O2/c1-3-34-21-10-8-20(9-11-21)31-25(33)30-19-6-4-18(5-7-19)29-23-15-24(28-16-27-23)32-22-14-17(2)12-13-26-22/h4-16H,3H2,1-2H3,(H2,30,31,33)(H2,26,27,28,29,32). The van der Waals surface area contributed by atoms with Gasteiger partial charge < -0.3 is 26.0 Å². The summed E-state index contributed by atoms with van der Waals surface area (Å²) in [6, 6.07) is 19.8. The molecule has 0 radical (unpaired) electrons. The molecule has 0 spiro atoms. The maximum absolute atomic E-state index is 12.3. The Hall–Kier alpha value is -4.66. The minimum atomic E-state index is -0.332. The van der Waals surface area contributed by atoms with Crippen molar-refractivity contribution < 1.29 is 9.53 Å². The Morgan fingerprint density at radius 2 is 1.35 bits per heavy atom. The number of ether oxygens (including phenoxy) is 1. The molecule has 0 aliphatic carbocycles. The molecule has 9 nitrogen and oxygen atoms in total. The van der Waals surface area contributed by atoms with Crippen LogP contribution in [-0.4, -0.2) is 27.6 Å². The minimum absolute atomic E-state index is 0.332. The number of pyridine rings is 1. The average molecular weight is 456 g/mol. The number of urea groups is 1. The van der Waals surface area contributed by atoms with Gasteiger partial charge in [-0.2, -0.15) is 0 Å². The van der Waals surface area contributed by atoms with Crippen LogP contribution in [0.15, 0.2) is 79.3 Å². The van der Waals surface area contributed by atoms with E-state index >= 15 is 0 Å². The summed E-state index contributed by atoms with van der Waals surface area (Å²) < 4.78 is 5.40. The van der Waals surface area contributed by atoms with Crippen LogP contribution in [-0.2, 0) is 0 Å². The van der Waals surface area contributed by atoms with Gasteiger partial charge in [-0.15, -0.1) is 0 Å². The van der Waals surface area contributed by atoms with Crippen molar-refractivity contribution in [1.29, 1.82) is 0 Å². The van der Waals surface area contributed by atoms with Crippen molar-refractivity contribution in [3.05, 3.63) is 84.8 Å². The summed E-state index contributed by atoms with van der Waals surface area (Å²) in [4.78, 5) is 25.1. The Morgan fingerprint density at radius 1 is 0.765 bits per heavy atom. The van der Waals surface area contributed by atoms with E-state index in [0.29, 0.717) is 35.4 Å². The van der Waals surface area contributed by atoms with Crippen LogP contribution in [0.1, 0.15) is 12.5 Å². The first-order valence-electron chi connectivity index (χ1n) is 10.8. The smallest absolute Gasteiger partial charge is 0.323 e. The van der Waals surface area contributed by atoms with Crippen LogP contribution >= 0.6 is 0 Å². The first kappa shape index (κ1) is 22.5. The average Bonchev–Trinajstić information content (AvgIpc) is 2.82. The zero-order valence-corrected chi connectivity index (χ0v) is 18.9. The fraction of sp³-hybridized carbons (Fsp3) is 0.120. The van der Waals surface area contributed by atoms with Gasteiger partial charge in [0, 0.05) is 29.3 Å². The van der Waals surface area contributed by atoms with E-state index < -0.39 is 0 Å². The molecule has 0 fully saturated rings.